The molecule has 3 aromatic rings. The van der Waals surface area contributed by atoms with E-state index in [1.54, 1.807) is 38.4 Å². The summed E-state index contributed by atoms with van der Waals surface area (Å²) in [7, 11) is 0. The highest BCUT2D eigenvalue weighted by molar-refractivity contribution is 5.99. The van der Waals surface area contributed by atoms with Crippen LogP contribution in [0.1, 0.15) is 54.6 Å². The predicted octanol–water partition coefficient (Wildman–Crippen LogP) is 2.34. The van der Waals surface area contributed by atoms with Crippen molar-refractivity contribution in [1.82, 2.24) is 26.1 Å². The van der Waals surface area contributed by atoms with Crippen LogP contribution in [0.3, 0.4) is 0 Å². The van der Waals surface area contributed by atoms with Gasteiger partial charge in [-0.25, -0.2) is 0 Å². The van der Waals surface area contributed by atoms with E-state index >= 15 is 0 Å². The van der Waals surface area contributed by atoms with Gasteiger partial charge in [-0.05, 0) is 49.4 Å². The van der Waals surface area contributed by atoms with Gasteiger partial charge in [0.05, 0.1) is 12.6 Å². The van der Waals surface area contributed by atoms with Crippen molar-refractivity contribution < 1.29 is 28.4 Å². The lowest BCUT2D eigenvalue weighted by Crippen LogP contribution is -2.57. The maximum atomic E-state index is 13.7. The number of nitrogens with zero attached hydrogens (tertiary/aromatic N) is 2. The molecule has 3 amide bonds. The van der Waals surface area contributed by atoms with Crippen LogP contribution in [0.2, 0.25) is 0 Å². The third-order valence-electron chi connectivity index (χ3n) is 7.03. The van der Waals surface area contributed by atoms with Crippen LogP contribution in [0.15, 0.2) is 65.4 Å². The number of rotatable bonds is 14. The number of nitrogens with one attached hydrogen (secondary N) is 3. The second kappa shape index (κ2) is 13.5. The molecule has 1 fully saturated rings. The van der Waals surface area contributed by atoms with Gasteiger partial charge in [-0.3, -0.25) is 24.2 Å². The molecule has 11 heteroatoms. The van der Waals surface area contributed by atoms with Gasteiger partial charge in [-0.15, -0.1) is 0 Å². The fourth-order valence-corrected chi connectivity index (χ4v) is 4.60. The van der Waals surface area contributed by atoms with Gasteiger partial charge in [0, 0.05) is 31.3 Å². The lowest BCUT2D eigenvalue weighted by Gasteiger charge is -2.26. The first-order valence-corrected chi connectivity index (χ1v) is 14.0. The highest BCUT2D eigenvalue weighted by Crippen LogP contribution is 2.29. The third-order valence-corrected chi connectivity index (χ3v) is 7.03. The quantitative estimate of drug-likeness (QED) is 0.247. The van der Waals surface area contributed by atoms with Crippen LogP contribution in [0.25, 0.3) is 0 Å². The van der Waals surface area contributed by atoms with Crippen LogP contribution >= 0.6 is 0 Å². The molecule has 0 spiro atoms. The van der Waals surface area contributed by atoms with Gasteiger partial charge in [0.2, 0.25) is 11.8 Å². The summed E-state index contributed by atoms with van der Waals surface area (Å²) in [6.45, 7) is 7.61. The highest BCUT2D eigenvalue weighted by atomic mass is 16.6. The SMILES string of the molecule is Cc1cc(C(=O)NC(Cc2ccncc2)C(=O)N[C@@H](Cc2ccccc2)C(=O)NC(CC(C)C)C(=O)C2(C)CO2)no1. The number of carbonyl (C=O) groups is 4. The van der Waals surface area contributed by atoms with Crippen molar-refractivity contribution in [1.29, 1.82) is 0 Å². The molecule has 42 heavy (non-hydrogen) atoms. The molecule has 3 N–H and O–H groups in total. The van der Waals surface area contributed by atoms with Crippen LogP contribution in [-0.2, 0) is 32.0 Å². The minimum atomic E-state index is -1.05. The summed E-state index contributed by atoms with van der Waals surface area (Å²) in [4.78, 5) is 57.6. The molecule has 1 aliphatic rings. The highest BCUT2D eigenvalue weighted by Gasteiger charge is 2.50. The maximum absolute atomic E-state index is 13.7. The van der Waals surface area contributed by atoms with Crippen molar-refractivity contribution in [3.8, 4) is 0 Å². The molecular formula is C31H37N5O6. The van der Waals surface area contributed by atoms with Gasteiger partial charge < -0.3 is 25.2 Å². The van der Waals surface area contributed by atoms with Gasteiger partial charge in [0.1, 0.15) is 23.4 Å². The first-order valence-electron chi connectivity index (χ1n) is 14.0. The van der Waals surface area contributed by atoms with Gasteiger partial charge in [0.15, 0.2) is 11.5 Å². The molecule has 3 heterocycles. The number of Topliss-reactive ketones (excluding diaryl/α,β-unsaturated/α-hetero) is 1. The summed E-state index contributed by atoms with van der Waals surface area (Å²) in [6.07, 6.45) is 3.92. The second-order valence-corrected chi connectivity index (χ2v) is 11.2. The number of hydrogen-bond acceptors (Lipinski definition) is 8. The second-order valence-electron chi connectivity index (χ2n) is 11.2. The number of amides is 3. The molecule has 1 aliphatic heterocycles. The van der Waals surface area contributed by atoms with E-state index < -0.39 is 41.4 Å². The van der Waals surface area contributed by atoms with Crippen LogP contribution < -0.4 is 16.0 Å². The summed E-state index contributed by atoms with van der Waals surface area (Å²) in [5.41, 5.74) is 0.690. The van der Waals surface area contributed by atoms with E-state index in [0.29, 0.717) is 18.8 Å². The fraction of sp³-hybridized carbons (Fsp3) is 0.419. The Morgan fingerprint density at radius 2 is 1.45 bits per heavy atom. The van der Waals surface area contributed by atoms with Crippen LogP contribution in [-0.4, -0.2) is 64.0 Å². The Morgan fingerprint density at radius 3 is 2.00 bits per heavy atom. The van der Waals surface area contributed by atoms with Crippen molar-refractivity contribution in [2.45, 2.75) is 70.7 Å². The Kier molecular flexibility index (Phi) is 9.84. The standard InChI is InChI=1S/C31H37N5O6/c1-19(2)14-23(27(37)31(4)18-41-31)33-28(38)24(16-21-8-6-5-7-9-21)34-29(39)25(17-22-10-12-32-13-11-22)35-30(40)26-15-20(3)42-36-26/h5-13,15,19,23-25H,14,16-18H2,1-4H3,(H,33,38)(H,34,39)(H,35,40)/t23?,24-,25?,31?/m0/s1. The fourth-order valence-electron chi connectivity index (χ4n) is 4.60. The number of ether oxygens (including phenoxy) is 1. The number of hydrogen-bond donors (Lipinski definition) is 3. The smallest absolute Gasteiger partial charge is 0.274 e. The number of benzene rings is 1. The largest absolute Gasteiger partial charge is 0.361 e. The van der Waals surface area contributed by atoms with E-state index in [2.05, 4.69) is 26.1 Å². The molecule has 222 valence electrons. The number of aryl methyl sites for hydroxylation is 1. The van der Waals surface area contributed by atoms with Crippen molar-refractivity contribution in [3.63, 3.8) is 0 Å². The van der Waals surface area contributed by atoms with Gasteiger partial charge in [0.25, 0.3) is 5.91 Å². The Bertz CT molecular complexity index is 1390. The number of ketones is 1. The lowest BCUT2D eigenvalue weighted by atomic mass is 9.93. The van der Waals surface area contributed by atoms with Crippen LogP contribution in [0.4, 0.5) is 0 Å². The van der Waals surface area contributed by atoms with E-state index in [4.69, 9.17) is 9.26 Å². The van der Waals surface area contributed by atoms with Crippen LogP contribution in [0.5, 0.6) is 0 Å². The molecule has 2 aromatic heterocycles. The van der Waals surface area contributed by atoms with Gasteiger partial charge >= 0.3 is 0 Å². The topological polar surface area (TPSA) is 156 Å². The van der Waals surface area contributed by atoms with E-state index in [1.807, 2.05) is 44.2 Å². The zero-order chi connectivity index (χ0) is 30.3. The molecule has 0 radical (unpaired) electrons. The summed E-state index contributed by atoms with van der Waals surface area (Å²) in [5, 5.41) is 12.2. The lowest BCUT2D eigenvalue weighted by molar-refractivity contribution is -0.133. The van der Waals surface area contributed by atoms with E-state index in [9.17, 15) is 19.2 Å². The van der Waals surface area contributed by atoms with E-state index in [0.717, 1.165) is 11.1 Å². The molecule has 0 aliphatic carbocycles. The molecule has 4 atom stereocenters. The number of carbonyl (C=O) groups excluding carboxylic acids is 4. The van der Waals surface area contributed by atoms with Crippen molar-refractivity contribution in [2.75, 3.05) is 6.61 Å². The minimum Gasteiger partial charge on any atom is -0.361 e. The normalized spacial score (nSPS) is 18.0. The average Bonchev–Trinajstić information content (AvgIpc) is 3.57. The van der Waals surface area contributed by atoms with Crippen molar-refractivity contribution >= 4 is 23.5 Å². The van der Waals surface area contributed by atoms with Gasteiger partial charge in [-0.2, -0.15) is 0 Å². The van der Waals surface area contributed by atoms with Crippen LogP contribution in [0, 0.1) is 12.8 Å². The summed E-state index contributed by atoms with van der Waals surface area (Å²) in [5.74, 6) is -1.28. The molecule has 1 aromatic carbocycles. The average molecular weight is 576 g/mol. The third kappa shape index (κ3) is 8.32. The van der Waals surface area contributed by atoms with Crippen molar-refractivity contribution in [3.05, 3.63) is 83.5 Å². The summed E-state index contributed by atoms with van der Waals surface area (Å²) < 4.78 is 10.4. The monoisotopic (exact) mass is 575 g/mol. The van der Waals surface area contributed by atoms with Crippen molar-refractivity contribution in [2.24, 2.45) is 5.92 Å². The molecule has 1 saturated heterocycles. The zero-order valence-corrected chi connectivity index (χ0v) is 24.3. The number of aromatic nitrogens is 2. The first-order chi connectivity index (χ1) is 20.0. The van der Waals surface area contributed by atoms with E-state index in [1.165, 1.54) is 6.07 Å². The Balaban J connectivity index is 1.56. The number of pyridine rings is 1. The first kappa shape index (κ1) is 30.6. The van der Waals surface area contributed by atoms with Gasteiger partial charge in [-0.1, -0.05) is 49.3 Å². The summed E-state index contributed by atoms with van der Waals surface area (Å²) in [6, 6.07) is 11.3. The molecule has 4 rings (SSSR count). The molecule has 11 nitrogen and oxygen atoms in total. The minimum absolute atomic E-state index is 0.0319. The predicted molar refractivity (Wildman–Crippen MR) is 153 cm³/mol. The molecule has 3 unspecified atom stereocenters. The number of epoxide rings is 1. The molecular weight excluding hydrogens is 538 g/mol. The summed E-state index contributed by atoms with van der Waals surface area (Å²) >= 11 is 0. The van der Waals surface area contributed by atoms with E-state index in [-0.39, 0.29) is 30.2 Å². The Labute approximate surface area is 244 Å². The molecule has 0 saturated carbocycles. The maximum Gasteiger partial charge on any atom is 0.274 e. The molecule has 0 bridgehead atoms. The Morgan fingerprint density at radius 1 is 0.881 bits per heavy atom. The Hall–Kier alpha value is -4.38. The zero-order valence-electron chi connectivity index (χ0n) is 24.3.